The molecule has 1 heterocycles. The van der Waals surface area contributed by atoms with Crippen LogP contribution in [-0.2, 0) is 0 Å². The smallest absolute Gasteiger partial charge is 0.0696 e. The van der Waals surface area contributed by atoms with Crippen molar-refractivity contribution in [2.75, 3.05) is 0 Å². The number of unbranched alkanes of at least 4 members (excludes halogenated alkanes) is 1. The average molecular weight is 340 g/mol. The highest BCUT2D eigenvalue weighted by Gasteiger charge is 2.03. The molecule has 0 aliphatic carbocycles. The Morgan fingerprint density at radius 2 is 2.00 bits per heavy atom. The van der Waals surface area contributed by atoms with Crippen molar-refractivity contribution in [3.63, 3.8) is 0 Å². The Hall–Kier alpha value is -2.12. The van der Waals surface area contributed by atoms with Crippen LogP contribution < -0.4 is 0 Å². The van der Waals surface area contributed by atoms with Crippen LogP contribution in [0.15, 0.2) is 90.2 Å². The van der Waals surface area contributed by atoms with Gasteiger partial charge in [0.15, 0.2) is 0 Å². The fraction of sp³-hybridized carbons (Fsp3) is 0.227. The molecule has 0 aliphatic heterocycles. The molecule has 0 aliphatic rings. The van der Waals surface area contributed by atoms with Crippen LogP contribution in [0.25, 0.3) is 5.57 Å². The summed E-state index contributed by atoms with van der Waals surface area (Å²) in [6.45, 7) is 12.4. The van der Waals surface area contributed by atoms with Crippen molar-refractivity contribution in [1.29, 1.82) is 0 Å². The van der Waals surface area contributed by atoms with Crippen molar-refractivity contribution >= 4 is 17.2 Å². The van der Waals surface area contributed by atoms with E-state index in [9.17, 15) is 0 Å². The van der Waals surface area contributed by atoms with Crippen molar-refractivity contribution in [1.82, 2.24) is 4.98 Å². The molecular formula is C22H26ClN. The van der Waals surface area contributed by atoms with Gasteiger partial charge in [-0.25, -0.2) is 0 Å². The second-order valence-corrected chi connectivity index (χ2v) is 5.89. The maximum absolute atomic E-state index is 6.42. The lowest BCUT2D eigenvalue weighted by atomic mass is 10.00. The maximum Gasteiger partial charge on any atom is 0.0696 e. The molecule has 0 unspecified atom stereocenters. The zero-order chi connectivity index (χ0) is 17.8. The van der Waals surface area contributed by atoms with Crippen molar-refractivity contribution in [3.05, 3.63) is 95.9 Å². The summed E-state index contributed by atoms with van der Waals surface area (Å²) < 4.78 is 0. The van der Waals surface area contributed by atoms with Crippen LogP contribution in [0.5, 0.6) is 0 Å². The van der Waals surface area contributed by atoms with Crippen LogP contribution in [0.3, 0.4) is 0 Å². The van der Waals surface area contributed by atoms with Crippen LogP contribution in [0, 0.1) is 0 Å². The number of rotatable bonds is 9. The summed E-state index contributed by atoms with van der Waals surface area (Å²) in [4.78, 5) is 4.29. The summed E-state index contributed by atoms with van der Waals surface area (Å²) in [6.07, 6.45) is 16.7. The summed E-state index contributed by atoms with van der Waals surface area (Å²) in [5, 5.41) is 0.636. The van der Waals surface area contributed by atoms with E-state index < -0.39 is 0 Å². The Labute approximate surface area is 151 Å². The molecule has 1 aromatic rings. The van der Waals surface area contributed by atoms with E-state index in [-0.39, 0.29) is 0 Å². The number of allylic oxidation sites excluding steroid dienone is 10. The summed E-state index contributed by atoms with van der Waals surface area (Å²) in [5.74, 6) is 0. The number of pyridine rings is 1. The van der Waals surface area contributed by atoms with Gasteiger partial charge in [0, 0.05) is 11.2 Å². The Morgan fingerprint density at radius 1 is 1.21 bits per heavy atom. The SMILES string of the molecule is C=C(/C=C\C=C/C)/C(=C/C(Cl)=C\C(=C)c1ccccn1)CCCC. The number of aromatic nitrogens is 1. The highest BCUT2D eigenvalue weighted by atomic mass is 35.5. The third kappa shape index (κ3) is 7.43. The highest BCUT2D eigenvalue weighted by Crippen LogP contribution is 2.23. The summed E-state index contributed by atoms with van der Waals surface area (Å²) in [6, 6.07) is 5.74. The minimum Gasteiger partial charge on any atom is -0.256 e. The normalized spacial score (nSPS) is 13.0. The molecule has 0 radical (unpaired) electrons. The standard InChI is InChI=1S/C22H26ClN/c1-5-7-9-12-18(3)20(13-8-6-2)17-21(23)16-19(4)22-14-10-11-15-24-22/h5,7,9-12,14-17H,3-4,6,8,13H2,1-2H3/b7-5-,12-9-,20-17+,21-16+. The molecule has 0 spiro atoms. The topological polar surface area (TPSA) is 12.9 Å². The predicted molar refractivity (Wildman–Crippen MR) is 108 cm³/mol. The van der Waals surface area contributed by atoms with Crippen molar-refractivity contribution in [2.24, 2.45) is 0 Å². The van der Waals surface area contributed by atoms with E-state index in [4.69, 9.17) is 11.6 Å². The first-order valence-corrected chi connectivity index (χ1v) is 8.63. The molecule has 126 valence electrons. The number of nitrogens with zero attached hydrogens (tertiary/aromatic N) is 1. The van der Waals surface area contributed by atoms with Crippen LogP contribution in [-0.4, -0.2) is 4.98 Å². The lowest BCUT2D eigenvalue weighted by molar-refractivity contribution is 0.794. The molecule has 0 bridgehead atoms. The van der Waals surface area contributed by atoms with Crippen molar-refractivity contribution in [2.45, 2.75) is 33.1 Å². The van der Waals surface area contributed by atoms with E-state index >= 15 is 0 Å². The van der Waals surface area contributed by atoms with E-state index in [1.165, 1.54) is 0 Å². The zero-order valence-electron chi connectivity index (χ0n) is 14.6. The number of hydrogen-bond acceptors (Lipinski definition) is 1. The summed E-state index contributed by atoms with van der Waals surface area (Å²) in [7, 11) is 0. The molecule has 1 aromatic heterocycles. The van der Waals surface area contributed by atoms with Gasteiger partial charge < -0.3 is 0 Å². The van der Waals surface area contributed by atoms with Gasteiger partial charge in [-0.1, -0.05) is 68.5 Å². The zero-order valence-corrected chi connectivity index (χ0v) is 15.4. The van der Waals surface area contributed by atoms with Gasteiger partial charge in [-0.2, -0.15) is 0 Å². The molecule has 0 N–H and O–H groups in total. The Bertz CT molecular complexity index is 660. The van der Waals surface area contributed by atoms with E-state index in [0.717, 1.165) is 41.7 Å². The van der Waals surface area contributed by atoms with Crippen LogP contribution >= 0.6 is 11.6 Å². The second kappa shape index (κ2) is 11.4. The first-order valence-electron chi connectivity index (χ1n) is 8.25. The Kier molecular flexibility index (Phi) is 9.48. The quantitative estimate of drug-likeness (QED) is 0.440. The molecule has 0 aromatic carbocycles. The van der Waals surface area contributed by atoms with Crippen molar-refractivity contribution < 1.29 is 0 Å². The number of hydrogen-bond donors (Lipinski definition) is 0. The highest BCUT2D eigenvalue weighted by molar-refractivity contribution is 6.32. The molecule has 1 rings (SSSR count). The molecule has 0 fully saturated rings. The maximum atomic E-state index is 6.42. The van der Waals surface area contributed by atoms with E-state index in [2.05, 4.69) is 25.1 Å². The van der Waals surface area contributed by atoms with Gasteiger partial charge in [0.25, 0.3) is 0 Å². The molecule has 0 atom stereocenters. The Morgan fingerprint density at radius 3 is 2.62 bits per heavy atom. The predicted octanol–water partition coefficient (Wildman–Crippen LogP) is 7.02. The second-order valence-electron chi connectivity index (χ2n) is 5.45. The van der Waals surface area contributed by atoms with Gasteiger partial charge in [0.05, 0.1) is 5.69 Å². The molecule has 24 heavy (non-hydrogen) atoms. The first-order chi connectivity index (χ1) is 11.6. The third-order valence-electron chi connectivity index (χ3n) is 3.43. The third-order valence-corrected chi connectivity index (χ3v) is 3.65. The van der Waals surface area contributed by atoms with Gasteiger partial charge in [0.2, 0.25) is 0 Å². The minimum absolute atomic E-state index is 0.636. The van der Waals surface area contributed by atoms with Crippen LogP contribution in [0.1, 0.15) is 38.8 Å². The summed E-state index contributed by atoms with van der Waals surface area (Å²) in [5.41, 5.74) is 3.75. The largest absolute Gasteiger partial charge is 0.256 e. The lowest BCUT2D eigenvalue weighted by Crippen LogP contribution is -1.88. The van der Waals surface area contributed by atoms with Gasteiger partial charge in [-0.15, -0.1) is 0 Å². The van der Waals surface area contributed by atoms with Gasteiger partial charge >= 0.3 is 0 Å². The Balaban J connectivity index is 2.96. The minimum atomic E-state index is 0.636. The van der Waals surface area contributed by atoms with Gasteiger partial charge in [-0.05, 0) is 60.8 Å². The fourth-order valence-electron chi connectivity index (χ4n) is 2.08. The van der Waals surface area contributed by atoms with Crippen LogP contribution in [0.2, 0.25) is 0 Å². The molecular weight excluding hydrogens is 314 g/mol. The molecule has 0 amide bonds. The first kappa shape index (κ1) is 19.9. The number of halogens is 1. The van der Waals surface area contributed by atoms with Crippen LogP contribution in [0.4, 0.5) is 0 Å². The molecule has 1 nitrogen and oxygen atoms in total. The lowest BCUT2D eigenvalue weighted by Gasteiger charge is -2.07. The van der Waals surface area contributed by atoms with Gasteiger partial charge in [0.1, 0.15) is 0 Å². The van der Waals surface area contributed by atoms with E-state index in [0.29, 0.717) is 5.03 Å². The average Bonchev–Trinajstić information content (AvgIpc) is 2.59. The summed E-state index contributed by atoms with van der Waals surface area (Å²) >= 11 is 6.42. The van der Waals surface area contributed by atoms with E-state index in [1.807, 2.05) is 61.6 Å². The molecule has 2 heteroatoms. The van der Waals surface area contributed by atoms with Crippen molar-refractivity contribution in [3.8, 4) is 0 Å². The molecule has 0 saturated carbocycles. The van der Waals surface area contributed by atoms with E-state index in [1.54, 1.807) is 6.20 Å². The monoisotopic (exact) mass is 339 g/mol. The molecule has 0 saturated heterocycles. The van der Waals surface area contributed by atoms with Gasteiger partial charge in [-0.3, -0.25) is 4.98 Å². The fourth-order valence-corrected chi connectivity index (χ4v) is 2.35.